The van der Waals surface area contributed by atoms with E-state index in [0.717, 1.165) is 6.07 Å². The largest absolute Gasteiger partial charge is 0.392 e. The van der Waals surface area contributed by atoms with Gasteiger partial charge in [0.25, 0.3) is 5.69 Å². The Labute approximate surface area is 129 Å². The number of nitro benzene ring substituents is 1. The number of hydrogen-bond donors (Lipinski definition) is 3. The second-order valence-electron chi connectivity index (χ2n) is 6.02. The van der Waals surface area contributed by atoms with Crippen molar-refractivity contribution in [2.75, 3.05) is 11.9 Å². The van der Waals surface area contributed by atoms with Crippen molar-refractivity contribution in [1.29, 1.82) is 0 Å². The average Bonchev–Trinajstić information content (AvgIpc) is 2.32. The van der Waals surface area contributed by atoms with Gasteiger partial charge in [-0.1, -0.05) is 0 Å². The summed E-state index contributed by atoms with van der Waals surface area (Å²) >= 11 is 0. The summed E-state index contributed by atoms with van der Waals surface area (Å²) in [5.41, 5.74) is -0.908. The summed E-state index contributed by atoms with van der Waals surface area (Å²) < 4.78 is 26.8. The molecule has 0 amide bonds. The number of nitro groups is 1. The van der Waals surface area contributed by atoms with Crippen molar-refractivity contribution >= 4 is 21.4 Å². The Bertz CT molecular complexity index is 650. The first-order chi connectivity index (χ1) is 9.92. The summed E-state index contributed by atoms with van der Waals surface area (Å²) in [7, 11) is -3.85. The molecule has 0 saturated heterocycles. The van der Waals surface area contributed by atoms with Crippen molar-refractivity contribution in [2.45, 2.75) is 44.2 Å². The highest BCUT2D eigenvalue weighted by Gasteiger charge is 2.25. The molecule has 0 radical (unpaired) electrons. The maximum atomic E-state index is 12.2. The Morgan fingerprint density at radius 1 is 1.36 bits per heavy atom. The zero-order valence-corrected chi connectivity index (χ0v) is 13.8. The Morgan fingerprint density at radius 3 is 2.41 bits per heavy atom. The fourth-order valence-corrected chi connectivity index (χ4v) is 3.14. The molecule has 0 bridgehead atoms. The van der Waals surface area contributed by atoms with Crippen LogP contribution in [-0.2, 0) is 10.0 Å². The van der Waals surface area contributed by atoms with Crippen molar-refractivity contribution in [1.82, 2.24) is 4.72 Å². The fourth-order valence-electron chi connectivity index (χ4n) is 1.70. The van der Waals surface area contributed by atoms with E-state index in [-0.39, 0.29) is 22.8 Å². The van der Waals surface area contributed by atoms with Gasteiger partial charge in [-0.25, -0.2) is 13.1 Å². The highest BCUT2D eigenvalue weighted by atomic mass is 32.2. The molecule has 22 heavy (non-hydrogen) atoms. The lowest BCUT2D eigenvalue weighted by Crippen LogP contribution is -2.40. The first kappa shape index (κ1) is 18.3. The van der Waals surface area contributed by atoms with E-state index in [1.165, 1.54) is 19.1 Å². The second kappa shape index (κ2) is 6.59. The molecule has 8 nitrogen and oxygen atoms in total. The molecular weight excluding hydrogens is 310 g/mol. The topological polar surface area (TPSA) is 122 Å². The summed E-state index contributed by atoms with van der Waals surface area (Å²) in [5.74, 6) is 0. The lowest BCUT2D eigenvalue weighted by Gasteiger charge is -2.20. The first-order valence-corrected chi connectivity index (χ1v) is 8.15. The highest BCUT2D eigenvalue weighted by molar-refractivity contribution is 7.89. The highest BCUT2D eigenvalue weighted by Crippen LogP contribution is 2.28. The molecule has 124 valence electrons. The van der Waals surface area contributed by atoms with E-state index in [1.807, 2.05) is 0 Å². The Balaban J connectivity index is 3.20. The van der Waals surface area contributed by atoms with Gasteiger partial charge in [-0.3, -0.25) is 10.1 Å². The SMILES string of the molecule is C[C@H](O)CNc1ccc(S(=O)(=O)NC(C)(C)C)cc1[N+](=O)[O-]. The minimum atomic E-state index is -3.85. The van der Waals surface area contributed by atoms with Gasteiger partial charge in [-0.05, 0) is 39.8 Å². The van der Waals surface area contributed by atoms with E-state index in [4.69, 9.17) is 0 Å². The molecule has 0 fully saturated rings. The van der Waals surface area contributed by atoms with Crippen molar-refractivity contribution in [3.63, 3.8) is 0 Å². The number of anilines is 1. The molecule has 0 aliphatic rings. The van der Waals surface area contributed by atoms with Crippen LogP contribution in [0.5, 0.6) is 0 Å². The smallest absolute Gasteiger partial charge is 0.293 e. The molecule has 1 aromatic carbocycles. The van der Waals surface area contributed by atoms with Crippen LogP contribution in [0.25, 0.3) is 0 Å². The summed E-state index contributed by atoms with van der Waals surface area (Å²) in [6.45, 7) is 6.69. The third kappa shape index (κ3) is 5.24. The van der Waals surface area contributed by atoms with E-state index in [0.29, 0.717) is 0 Å². The van der Waals surface area contributed by atoms with Gasteiger partial charge in [0.15, 0.2) is 0 Å². The van der Waals surface area contributed by atoms with Crippen LogP contribution in [0.15, 0.2) is 23.1 Å². The standard InChI is InChI=1S/C13H21N3O5S/c1-9(17)8-14-11-6-5-10(7-12(11)16(18)19)22(20,21)15-13(2,3)4/h5-7,9,14-15,17H,8H2,1-4H3/t9-/m0/s1. The molecule has 9 heteroatoms. The molecule has 0 spiro atoms. The summed E-state index contributed by atoms with van der Waals surface area (Å²) in [6, 6.07) is 3.60. The maximum absolute atomic E-state index is 12.2. The van der Waals surface area contributed by atoms with Crippen molar-refractivity contribution in [2.24, 2.45) is 0 Å². The third-order valence-corrected chi connectivity index (χ3v) is 4.26. The van der Waals surface area contributed by atoms with Crippen LogP contribution in [0.1, 0.15) is 27.7 Å². The lowest BCUT2D eigenvalue weighted by atomic mass is 10.1. The minimum Gasteiger partial charge on any atom is -0.392 e. The maximum Gasteiger partial charge on any atom is 0.293 e. The van der Waals surface area contributed by atoms with Crippen LogP contribution >= 0.6 is 0 Å². The molecule has 3 N–H and O–H groups in total. The Kier molecular flexibility index (Phi) is 5.49. The third-order valence-electron chi connectivity index (χ3n) is 2.50. The predicted molar refractivity (Wildman–Crippen MR) is 83.3 cm³/mol. The van der Waals surface area contributed by atoms with Crippen LogP contribution in [-0.4, -0.2) is 36.6 Å². The molecule has 0 aromatic heterocycles. The van der Waals surface area contributed by atoms with Crippen molar-refractivity contribution in [3.8, 4) is 0 Å². The van der Waals surface area contributed by atoms with Crippen molar-refractivity contribution in [3.05, 3.63) is 28.3 Å². The quantitative estimate of drug-likeness (QED) is 0.536. The molecular formula is C13H21N3O5S. The number of rotatable bonds is 6. The van der Waals surface area contributed by atoms with Gasteiger partial charge >= 0.3 is 0 Å². The zero-order valence-electron chi connectivity index (χ0n) is 13.0. The van der Waals surface area contributed by atoms with E-state index in [2.05, 4.69) is 10.0 Å². The Hall–Kier alpha value is -1.71. The van der Waals surface area contributed by atoms with Gasteiger partial charge in [0.05, 0.1) is 15.9 Å². The number of aliphatic hydroxyl groups excluding tert-OH is 1. The molecule has 1 rings (SSSR count). The molecule has 1 aromatic rings. The van der Waals surface area contributed by atoms with E-state index in [9.17, 15) is 23.6 Å². The van der Waals surface area contributed by atoms with Gasteiger partial charge in [0.1, 0.15) is 5.69 Å². The minimum absolute atomic E-state index is 0.118. The summed E-state index contributed by atoms with van der Waals surface area (Å²) in [5, 5.41) is 23.0. The number of aliphatic hydroxyl groups is 1. The Morgan fingerprint density at radius 2 is 1.95 bits per heavy atom. The first-order valence-electron chi connectivity index (χ1n) is 6.67. The predicted octanol–water partition coefficient (Wildman–Crippen LogP) is 1.46. The fraction of sp³-hybridized carbons (Fsp3) is 0.538. The van der Waals surface area contributed by atoms with E-state index < -0.39 is 26.6 Å². The van der Waals surface area contributed by atoms with Gasteiger partial charge in [0.2, 0.25) is 10.0 Å². The molecule has 0 aliphatic heterocycles. The molecule has 0 heterocycles. The van der Waals surface area contributed by atoms with Crippen LogP contribution in [0, 0.1) is 10.1 Å². The molecule has 0 saturated carbocycles. The van der Waals surface area contributed by atoms with Gasteiger partial charge < -0.3 is 10.4 Å². The molecule has 1 atom stereocenters. The van der Waals surface area contributed by atoms with Gasteiger partial charge in [-0.15, -0.1) is 0 Å². The average molecular weight is 331 g/mol. The molecule has 0 aliphatic carbocycles. The van der Waals surface area contributed by atoms with E-state index >= 15 is 0 Å². The van der Waals surface area contributed by atoms with Crippen LogP contribution in [0.3, 0.4) is 0 Å². The monoisotopic (exact) mass is 331 g/mol. The van der Waals surface area contributed by atoms with Crippen LogP contribution in [0.4, 0.5) is 11.4 Å². The van der Waals surface area contributed by atoms with Crippen LogP contribution < -0.4 is 10.0 Å². The zero-order chi connectivity index (χ0) is 17.1. The number of sulfonamides is 1. The number of benzene rings is 1. The normalized spacial score (nSPS) is 13.7. The number of hydrogen-bond acceptors (Lipinski definition) is 6. The van der Waals surface area contributed by atoms with Gasteiger partial charge in [0, 0.05) is 18.2 Å². The lowest BCUT2D eigenvalue weighted by molar-refractivity contribution is -0.384. The number of nitrogens with zero attached hydrogens (tertiary/aromatic N) is 1. The second-order valence-corrected chi connectivity index (χ2v) is 7.70. The van der Waals surface area contributed by atoms with E-state index in [1.54, 1.807) is 20.8 Å². The van der Waals surface area contributed by atoms with Crippen LogP contribution in [0.2, 0.25) is 0 Å². The van der Waals surface area contributed by atoms with Crippen molar-refractivity contribution < 1.29 is 18.4 Å². The molecule has 0 unspecified atom stereocenters. The summed E-state index contributed by atoms with van der Waals surface area (Å²) in [6.07, 6.45) is -0.689. The van der Waals surface area contributed by atoms with Gasteiger partial charge in [-0.2, -0.15) is 0 Å². The number of nitrogens with one attached hydrogen (secondary N) is 2. The summed E-state index contributed by atoms with van der Waals surface area (Å²) in [4.78, 5) is 10.3.